The fourth-order valence-electron chi connectivity index (χ4n) is 2.70. The maximum atomic E-state index is 11.2. The van der Waals surface area contributed by atoms with Crippen molar-refractivity contribution in [3.8, 4) is 0 Å². The van der Waals surface area contributed by atoms with Gasteiger partial charge in [-0.2, -0.15) is 0 Å². The van der Waals surface area contributed by atoms with Crippen LogP contribution in [0.1, 0.15) is 33.9 Å². The monoisotopic (exact) mass is 299 g/mol. The van der Waals surface area contributed by atoms with Crippen LogP contribution in [0.5, 0.6) is 0 Å². The molecule has 0 radical (unpaired) electrons. The van der Waals surface area contributed by atoms with Crippen molar-refractivity contribution in [3.05, 3.63) is 59.2 Å². The number of anilines is 1. The molecule has 0 amide bonds. The highest BCUT2D eigenvalue weighted by molar-refractivity contribution is 7.99. The number of rotatable bonds is 3. The van der Waals surface area contributed by atoms with Crippen LogP contribution < -0.4 is 5.32 Å². The van der Waals surface area contributed by atoms with Crippen molar-refractivity contribution in [2.45, 2.75) is 24.3 Å². The second-order valence-electron chi connectivity index (χ2n) is 5.16. The Morgan fingerprint density at radius 1 is 1.24 bits per heavy atom. The van der Waals surface area contributed by atoms with Crippen molar-refractivity contribution in [2.75, 3.05) is 11.1 Å². The SMILES string of the molecule is Cc1c(NC2CCSc3ccccc32)cccc1C(=O)O. The molecule has 2 aromatic carbocycles. The Morgan fingerprint density at radius 2 is 2.05 bits per heavy atom. The van der Waals surface area contributed by atoms with Crippen LogP contribution in [0.15, 0.2) is 47.4 Å². The van der Waals surface area contributed by atoms with E-state index in [0.29, 0.717) is 5.56 Å². The van der Waals surface area contributed by atoms with Crippen molar-refractivity contribution in [2.24, 2.45) is 0 Å². The molecule has 3 nitrogen and oxygen atoms in total. The average Bonchev–Trinajstić information content (AvgIpc) is 2.49. The zero-order valence-corrected chi connectivity index (χ0v) is 12.6. The van der Waals surface area contributed by atoms with E-state index in [1.807, 2.05) is 24.8 Å². The number of aromatic carboxylic acids is 1. The van der Waals surface area contributed by atoms with Gasteiger partial charge in [0.2, 0.25) is 0 Å². The maximum Gasteiger partial charge on any atom is 0.336 e. The number of carbonyl (C=O) groups is 1. The van der Waals surface area contributed by atoms with Crippen molar-refractivity contribution in [1.82, 2.24) is 0 Å². The molecule has 0 aliphatic carbocycles. The first-order chi connectivity index (χ1) is 10.2. The van der Waals surface area contributed by atoms with Gasteiger partial charge in [-0.1, -0.05) is 24.3 Å². The molecule has 0 spiro atoms. The summed E-state index contributed by atoms with van der Waals surface area (Å²) in [4.78, 5) is 12.5. The Bertz CT molecular complexity index is 684. The van der Waals surface area contributed by atoms with E-state index >= 15 is 0 Å². The number of hydrogen-bond acceptors (Lipinski definition) is 3. The number of fused-ring (bicyclic) bond motifs is 1. The van der Waals surface area contributed by atoms with Gasteiger partial charge in [-0.05, 0) is 42.7 Å². The van der Waals surface area contributed by atoms with Crippen molar-refractivity contribution < 1.29 is 9.90 Å². The number of nitrogens with one attached hydrogen (secondary N) is 1. The van der Waals surface area contributed by atoms with E-state index in [0.717, 1.165) is 23.4 Å². The highest BCUT2D eigenvalue weighted by Gasteiger charge is 2.21. The predicted molar refractivity (Wildman–Crippen MR) is 86.3 cm³/mol. The first kappa shape index (κ1) is 14.0. The molecule has 4 heteroatoms. The Morgan fingerprint density at radius 3 is 2.86 bits per heavy atom. The second kappa shape index (κ2) is 5.82. The highest BCUT2D eigenvalue weighted by Crippen LogP contribution is 2.38. The molecule has 1 aliphatic rings. The van der Waals surface area contributed by atoms with E-state index in [4.69, 9.17) is 0 Å². The number of carboxylic acid groups (broad SMARTS) is 1. The highest BCUT2D eigenvalue weighted by atomic mass is 32.2. The molecule has 108 valence electrons. The molecule has 0 saturated carbocycles. The molecule has 0 saturated heterocycles. The first-order valence-corrected chi connectivity index (χ1v) is 7.96. The number of hydrogen-bond donors (Lipinski definition) is 2. The molecule has 1 heterocycles. The molecule has 3 rings (SSSR count). The van der Waals surface area contributed by atoms with Gasteiger partial charge in [-0.15, -0.1) is 11.8 Å². The van der Waals surface area contributed by atoms with Gasteiger partial charge in [0, 0.05) is 16.3 Å². The molecule has 0 aromatic heterocycles. The fourth-order valence-corrected chi connectivity index (χ4v) is 3.83. The Balaban J connectivity index is 1.92. The summed E-state index contributed by atoms with van der Waals surface area (Å²) in [6.45, 7) is 1.86. The summed E-state index contributed by atoms with van der Waals surface area (Å²) in [5.41, 5.74) is 3.36. The molecule has 21 heavy (non-hydrogen) atoms. The van der Waals surface area contributed by atoms with Gasteiger partial charge >= 0.3 is 5.97 Å². The van der Waals surface area contributed by atoms with Crippen LogP contribution in [-0.2, 0) is 0 Å². The molecule has 1 atom stereocenters. The van der Waals surface area contributed by atoms with Gasteiger partial charge in [0.1, 0.15) is 0 Å². The lowest BCUT2D eigenvalue weighted by molar-refractivity contribution is 0.0696. The topological polar surface area (TPSA) is 49.3 Å². The Kier molecular flexibility index (Phi) is 3.88. The standard InChI is InChI=1S/C17H17NO2S/c1-11-12(17(19)20)6-4-7-14(11)18-15-9-10-21-16-8-3-2-5-13(15)16/h2-8,15,18H,9-10H2,1H3,(H,19,20). The lowest BCUT2D eigenvalue weighted by atomic mass is 10.0. The second-order valence-corrected chi connectivity index (χ2v) is 6.29. The molecule has 2 N–H and O–H groups in total. The smallest absolute Gasteiger partial charge is 0.336 e. The summed E-state index contributed by atoms with van der Waals surface area (Å²) in [5.74, 6) is 0.197. The van der Waals surface area contributed by atoms with Crippen LogP contribution in [-0.4, -0.2) is 16.8 Å². The van der Waals surface area contributed by atoms with E-state index in [1.54, 1.807) is 12.1 Å². The summed E-state index contributed by atoms with van der Waals surface area (Å²) >= 11 is 1.88. The molecule has 0 bridgehead atoms. The molecule has 2 aromatic rings. The van der Waals surface area contributed by atoms with E-state index in [1.165, 1.54) is 10.5 Å². The third kappa shape index (κ3) is 2.76. The van der Waals surface area contributed by atoms with E-state index in [-0.39, 0.29) is 6.04 Å². The van der Waals surface area contributed by atoms with E-state index in [9.17, 15) is 9.90 Å². The summed E-state index contributed by atoms with van der Waals surface area (Å²) in [6, 6.07) is 14.0. The summed E-state index contributed by atoms with van der Waals surface area (Å²) in [5, 5.41) is 12.7. The van der Waals surface area contributed by atoms with Crippen LogP contribution in [0.25, 0.3) is 0 Å². The average molecular weight is 299 g/mol. The molecule has 1 unspecified atom stereocenters. The van der Waals surface area contributed by atoms with Gasteiger partial charge < -0.3 is 10.4 Å². The summed E-state index contributed by atoms with van der Waals surface area (Å²) in [6.07, 6.45) is 1.04. The summed E-state index contributed by atoms with van der Waals surface area (Å²) in [7, 11) is 0. The Labute approximate surface area is 128 Å². The lowest BCUT2D eigenvalue weighted by Crippen LogP contribution is -2.17. The quantitative estimate of drug-likeness (QED) is 0.885. The number of carboxylic acids is 1. The fraction of sp³-hybridized carbons (Fsp3) is 0.235. The molecule has 0 fully saturated rings. The summed E-state index contributed by atoms with van der Waals surface area (Å²) < 4.78 is 0. The van der Waals surface area contributed by atoms with Crippen molar-refractivity contribution >= 4 is 23.4 Å². The van der Waals surface area contributed by atoms with Gasteiger partial charge in [-0.25, -0.2) is 4.79 Å². The molecular formula is C17H17NO2S. The van der Waals surface area contributed by atoms with Crippen molar-refractivity contribution in [3.63, 3.8) is 0 Å². The third-order valence-corrected chi connectivity index (χ3v) is 4.98. The Hall–Kier alpha value is -1.94. The van der Waals surface area contributed by atoms with Crippen LogP contribution in [0.4, 0.5) is 5.69 Å². The normalized spacial score (nSPS) is 17.1. The van der Waals surface area contributed by atoms with E-state index in [2.05, 4.69) is 29.6 Å². The minimum Gasteiger partial charge on any atom is -0.478 e. The maximum absolute atomic E-state index is 11.2. The van der Waals surface area contributed by atoms with E-state index < -0.39 is 5.97 Å². The number of thioether (sulfide) groups is 1. The zero-order valence-electron chi connectivity index (χ0n) is 11.8. The van der Waals surface area contributed by atoms with Gasteiger partial charge in [0.05, 0.1) is 11.6 Å². The largest absolute Gasteiger partial charge is 0.478 e. The molecule has 1 aliphatic heterocycles. The van der Waals surface area contributed by atoms with Gasteiger partial charge in [-0.3, -0.25) is 0 Å². The lowest BCUT2D eigenvalue weighted by Gasteiger charge is -2.27. The predicted octanol–water partition coefficient (Wildman–Crippen LogP) is 4.34. The third-order valence-electron chi connectivity index (χ3n) is 3.85. The minimum absolute atomic E-state index is 0.241. The first-order valence-electron chi connectivity index (χ1n) is 6.98. The number of benzene rings is 2. The van der Waals surface area contributed by atoms with Crippen LogP contribution >= 0.6 is 11.8 Å². The van der Waals surface area contributed by atoms with Crippen LogP contribution in [0.2, 0.25) is 0 Å². The minimum atomic E-state index is -0.879. The zero-order chi connectivity index (χ0) is 14.8. The molecular weight excluding hydrogens is 282 g/mol. The van der Waals surface area contributed by atoms with Crippen LogP contribution in [0.3, 0.4) is 0 Å². The van der Waals surface area contributed by atoms with Gasteiger partial charge in [0.25, 0.3) is 0 Å². The van der Waals surface area contributed by atoms with Crippen molar-refractivity contribution in [1.29, 1.82) is 0 Å². The van der Waals surface area contributed by atoms with Crippen LogP contribution in [0, 0.1) is 6.92 Å². The van der Waals surface area contributed by atoms with Gasteiger partial charge in [0.15, 0.2) is 0 Å².